The molecule has 0 bridgehead atoms. The van der Waals surface area contributed by atoms with Crippen LogP contribution in [0.5, 0.6) is 0 Å². The second kappa shape index (κ2) is 3.87. The first kappa shape index (κ1) is 8.69. The molecule has 1 heterocycles. The predicted molar refractivity (Wildman–Crippen MR) is 65.5 cm³/mol. The van der Waals surface area contributed by atoms with Crippen molar-refractivity contribution in [3.63, 3.8) is 0 Å². The van der Waals surface area contributed by atoms with Crippen molar-refractivity contribution >= 4 is 40.6 Å². The van der Waals surface area contributed by atoms with Gasteiger partial charge < -0.3 is 0 Å². The molecule has 0 amide bonds. The molecule has 0 fully saturated rings. The third-order valence-corrected chi connectivity index (χ3v) is 2.46. The van der Waals surface area contributed by atoms with Gasteiger partial charge in [0.2, 0.25) is 0 Å². The van der Waals surface area contributed by atoms with Crippen molar-refractivity contribution in [1.82, 2.24) is 0 Å². The summed E-state index contributed by atoms with van der Waals surface area (Å²) in [6, 6.07) is 6.23. The molecule has 13 heavy (non-hydrogen) atoms. The van der Waals surface area contributed by atoms with E-state index in [4.69, 9.17) is 0 Å². The Hall–Kier alpha value is -0.900. The highest BCUT2D eigenvalue weighted by molar-refractivity contribution is 14.1. The van der Waals surface area contributed by atoms with Gasteiger partial charge in [0.1, 0.15) is 0 Å². The third-order valence-electron chi connectivity index (χ3n) is 1.79. The van der Waals surface area contributed by atoms with Gasteiger partial charge in [-0.1, -0.05) is 18.2 Å². The van der Waals surface area contributed by atoms with Crippen LogP contribution >= 0.6 is 22.6 Å². The fourth-order valence-electron chi connectivity index (χ4n) is 1.17. The van der Waals surface area contributed by atoms with Crippen molar-refractivity contribution in [3.05, 3.63) is 45.6 Å². The Morgan fingerprint density at radius 3 is 2.92 bits per heavy atom. The van der Waals surface area contributed by atoms with Crippen molar-refractivity contribution < 1.29 is 0 Å². The number of halogens is 1. The van der Waals surface area contributed by atoms with E-state index in [0.29, 0.717) is 0 Å². The normalized spacial score (nSPS) is 21.0. The lowest BCUT2D eigenvalue weighted by atomic mass is 10.1. The van der Waals surface area contributed by atoms with E-state index < -0.39 is 0 Å². The molecule has 0 aromatic heterocycles. The molecule has 0 saturated carbocycles. The molecule has 0 spiro atoms. The first-order valence-corrected chi connectivity index (χ1v) is 5.11. The summed E-state index contributed by atoms with van der Waals surface area (Å²) in [5.41, 5.74) is 2.20. The summed E-state index contributed by atoms with van der Waals surface area (Å²) >= 11 is 2.30. The van der Waals surface area contributed by atoms with E-state index in [1.165, 1.54) is 9.13 Å². The van der Waals surface area contributed by atoms with E-state index >= 15 is 0 Å². The number of benzene rings is 1. The molecule has 0 atom stereocenters. The maximum absolute atomic E-state index is 4.32. The van der Waals surface area contributed by atoms with Crippen LogP contribution in [0.2, 0.25) is 0 Å². The van der Waals surface area contributed by atoms with Crippen molar-refractivity contribution in [2.24, 2.45) is 4.99 Å². The lowest BCUT2D eigenvalue weighted by Gasteiger charge is -2.01. The largest absolute Gasteiger partial charge is 0.256 e. The lowest BCUT2D eigenvalue weighted by molar-refractivity contribution is 1.49. The lowest BCUT2D eigenvalue weighted by Crippen LogP contribution is -1.79. The third kappa shape index (κ3) is 2.06. The first-order chi connectivity index (χ1) is 6.36. The number of hydrogen-bond acceptors (Lipinski definition) is 1. The summed E-state index contributed by atoms with van der Waals surface area (Å²) in [6.07, 6.45) is 9.82. The second-order valence-electron chi connectivity index (χ2n) is 2.73. The Labute approximate surface area is 91.0 Å². The van der Waals surface area contributed by atoms with E-state index in [9.17, 15) is 0 Å². The molecule has 1 aliphatic heterocycles. The van der Waals surface area contributed by atoms with Crippen molar-refractivity contribution in [2.45, 2.75) is 0 Å². The highest BCUT2D eigenvalue weighted by atomic mass is 127. The SMILES string of the molecule is Ic1ccc2c(c1)\C=C/C=C\C=N/2. The number of fused-ring (bicyclic) bond motifs is 1. The summed E-state index contributed by atoms with van der Waals surface area (Å²) in [5, 5.41) is 0. The van der Waals surface area contributed by atoms with Gasteiger partial charge in [-0.15, -0.1) is 0 Å². The molecule has 0 saturated heterocycles. The van der Waals surface area contributed by atoms with Gasteiger partial charge in [-0.05, 0) is 46.9 Å². The molecular formula is C11H8IN. The van der Waals surface area contributed by atoms with Crippen molar-refractivity contribution in [2.75, 3.05) is 0 Å². The average molecular weight is 281 g/mol. The minimum Gasteiger partial charge on any atom is -0.256 e. The van der Waals surface area contributed by atoms with Gasteiger partial charge in [0.25, 0.3) is 0 Å². The van der Waals surface area contributed by atoms with Crippen LogP contribution in [0.3, 0.4) is 0 Å². The Morgan fingerprint density at radius 2 is 2.00 bits per heavy atom. The Morgan fingerprint density at radius 1 is 1.08 bits per heavy atom. The molecule has 1 nitrogen and oxygen atoms in total. The van der Waals surface area contributed by atoms with Crippen LogP contribution in [-0.2, 0) is 0 Å². The second-order valence-corrected chi connectivity index (χ2v) is 3.97. The Balaban J connectivity index is 2.56. The molecule has 2 rings (SSSR count). The van der Waals surface area contributed by atoms with Crippen LogP contribution in [0, 0.1) is 3.57 Å². The fourth-order valence-corrected chi connectivity index (χ4v) is 1.69. The van der Waals surface area contributed by atoms with Gasteiger partial charge in [0, 0.05) is 15.3 Å². The zero-order chi connectivity index (χ0) is 9.10. The summed E-state index contributed by atoms with van der Waals surface area (Å²) in [6.45, 7) is 0. The summed E-state index contributed by atoms with van der Waals surface area (Å²) in [4.78, 5) is 4.32. The molecule has 1 aliphatic rings. The number of hydrogen-bond donors (Lipinski definition) is 0. The topological polar surface area (TPSA) is 12.4 Å². The highest BCUT2D eigenvalue weighted by Gasteiger charge is 1.98. The Bertz CT molecular complexity index is 403. The monoisotopic (exact) mass is 281 g/mol. The predicted octanol–water partition coefficient (Wildman–Crippen LogP) is 3.58. The highest BCUT2D eigenvalue weighted by Crippen LogP contribution is 2.23. The van der Waals surface area contributed by atoms with Crippen LogP contribution < -0.4 is 0 Å². The van der Waals surface area contributed by atoms with Crippen LogP contribution in [-0.4, -0.2) is 6.21 Å². The van der Waals surface area contributed by atoms with Gasteiger partial charge in [-0.3, -0.25) is 4.99 Å². The van der Waals surface area contributed by atoms with Crippen LogP contribution in [0.25, 0.3) is 6.08 Å². The molecule has 0 aliphatic carbocycles. The first-order valence-electron chi connectivity index (χ1n) is 4.03. The number of rotatable bonds is 0. The number of aliphatic imine (C=N–C) groups is 1. The molecule has 1 aromatic rings. The molecule has 0 radical (unpaired) electrons. The molecular weight excluding hydrogens is 273 g/mol. The summed E-state index contributed by atoms with van der Waals surface area (Å²) in [7, 11) is 0. The fraction of sp³-hybridized carbons (Fsp3) is 0. The average Bonchev–Trinajstić information content (AvgIpc) is 2.08. The van der Waals surface area contributed by atoms with Crippen LogP contribution in [0.15, 0.2) is 41.4 Å². The van der Waals surface area contributed by atoms with Crippen LogP contribution in [0.4, 0.5) is 5.69 Å². The number of nitrogens with zero attached hydrogens (tertiary/aromatic N) is 1. The summed E-state index contributed by atoms with van der Waals surface area (Å²) in [5.74, 6) is 0. The minimum atomic E-state index is 1.03. The van der Waals surface area contributed by atoms with Crippen molar-refractivity contribution in [1.29, 1.82) is 0 Å². The van der Waals surface area contributed by atoms with Gasteiger partial charge in [0.05, 0.1) is 5.69 Å². The molecule has 0 N–H and O–H groups in total. The van der Waals surface area contributed by atoms with E-state index in [2.05, 4.69) is 45.8 Å². The van der Waals surface area contributed by atoms with Gasteiger partial charge in [0.15, 0.2) is 0 Å². The van der Waals surface area contributed by atoms with Crippen molar-refractivity contribution in [3.8, 4) is 0 Å². The Kier molecular flexibility index (Phi) is 2.59. The smallest absolute Gasteiger partial charge is 0.0702 e. The van der Waals surface area contributed by atoms with Crippen LogP contribution in [0.1, 0.15) is 5.56 Å². The quantitative estimate of drug-likeness (QED) is 0.644. The maximum atomic E-state index is 4.32. The van der Waals surface area contributed by atoms with E-state index in [0.717, 1.165) is 5.69 Å². The standard InChI is InChI=1S/C11H8IN/c12-10-5-6-11-9(8-10)4-2-1-3-7-13-11/h1-8H/b2-1?,3-1-,4-2-,7-3?,9-4?,13-7-,13-11?. The number of allylic oxidation sites excluding steroid dienone is 3. The zero-order valence-corrected chi connectivity index (χ0v) is 9.10. The zero-order valence-electron chi connectivity index (χ0n) is 6.94. The molecule has 1 aromatic carbocycles. The summed E-state index contributed by atoms with van der Waals surface area (Å²) < 4.78 is 1.24. The molecule has 2 heteroatoms. The van der Waals surface area contributed by atoms with Gasteiger partial charge >= 0.3 is 0 Å². The molecule has 0 unspecified atom stereocenters. The van der Waals surface area contributed by atoms with Gasteiger partial charge in [-0.2, -0.15) is 0 Å². The van der Waals surface area contributed by atoms with E-state index in [1.807, 2.05) is 30.5 Å². The van der Waals surface area contributed by atoms with E-state index in [1.54, 1.807) is 0 Å². The maximum Gasteiger partial charge on any atom is 0.0702 e. The van der Waals surface area contributed by atoms with Gasteiger partial charge in [-0.25, -0.2) is 0 Å². The van der Waals surface area contributed by atoms with E-state index in [-0.39, 0.29) is 0 Å². The minimum absolute atomic E-state index is 1.03. The molecule has 64 valence electrons.